The average molecular weight is 395 g/mol. The molecule has 0 saturated carbocycles. The molecule has 0 aromatic carbocycles. The summed E-state index contributed by atoms with van der Waals surface area (Å²) in [6.45, 7) is 2.12. The third-order valence-corrected chi connectivity index (χ3v) is 5.77. The second-order valence-corrected chi connectivity index (χ2v) is 7.71. The van der Waals surface area contributed by atoms with E-state index in [4.69, 9.17) is 9.97 Å². The van der Waals surface area contributed by atoms with Crippen LogP contribution in [-0.4, -0.2) is 43.2 Å². The third kappa shape index (κ3) is 2.82. The van der Waals surface area contributed by atoms with Crippen LogP contribution in [0.2, 0.25) is 0 Å². The summed E-state index contributed by atoms with van der Waals surface area (Å²) in [6, 6.07) is 14.0. The Bertz CT molecular complexity index is 1330. The van der Waals surface area contributed by atoms with E-state index in [-0.39, 0.29) is 0 Å². The normalized spacial score (nSPS) is 14.6. The zero-order valence-electron chi connectivity index (χ0n) is 16.5. The van der Waals surface area contributed by atoms with Crippen molar-refractivity contribution in [1.82, 2.24) is 30.1 Å². The molecular formula is C23H21N7. The van der Waals surface area contributed by atoms with Gasteiger partial charge < -0.3 is 9.88 Å². The molecule has 5 aromatic rings. The molecule has 6 rings (SSSR count). The van der Waals surface area contributed by atoms with Gasteiger partial charge >= 0.3 is 0 Å². The van der Waals surface area contributed by atoms with Crippen molar-refractivity contribution < 1.29 is 0 Å². The molecule has 0 bridgehead atoms. The van der Waals surface area contributed by atoms with Gasteiger partial charge in [-0.1, -0.05) is 6.07 Å². The van der Waals surface area contributed by atoms with E-state index in [9.17, 15) is 0 Å². The predicted molar refractivity (Wildman–Crippen MR) is 118 cm³/mol. The number of nitrogens with one attached hydrogen (secondary N) is 2. The SMILES string of the molecule is c1ccc(-c2ccc3[nH]nc(-c4cc5c(N6CCCCC6)nccc5[nH]4)c3n2)nc1. The van der Waals surface area contributed by atoms with E-state index in [1.54, 1.807) is 6.20 Å². The van der Waals surface area contributed by atoms with E-state index < -0.39 is 0 Å². The van der Waals surface area contributed by atoms with Gasteiger partial charge in [0.2, 0.25) is 0 Å². The lowest BCUT2D eigenvalue weighted by molar-refractivity contribution is 0.575. The van der Waals surface area contributed by atoms with Crippen molar-refractivity contribution in [3.63, 3.8) is 0 Å². The molecule has 1 aliphatic heterocycles. The van der Waals surface area contributed by atoms with E-state index in [1.165, 1.54) is 19.3 Å². The van der Waals surface area contributed by atoms with Crippen LogP contribution in [0.15, 0.2) is 54.9 Å². The molecule has 2 N–H and O–H groups in total. The second kappa shape index (κ2) is 6.95. The smallest absolute Gasteiger partial charge is 0.137 e. The second-order valence-electron chi connectivity index (χ2n) is 7.71. The lowest BCUT2D eigenvalue weighted by Gasteiger charge is -2.28. The zero-order valence-corrected chi connectivity index (χ0v) is 16.5. The molecule has 148 valence electrons. The van der Waals surface area contributed by atoms with Gasteiger partial charge in [0.25, 0.3) is 0 Å². The topological polar surface area (TPSA) is 86.4 Å². The zero-order chi connectivity index (χ0) is 19.9. The highest BCUT2D eigenvalue weighted by molar-refractivity contribution is 5.98. The van der Waals surface area contributed by atoms with E-state index in [0.29, 0.717) is 0 Å². The first-order chi connectivity index (χ1) is 14.9. The minimum atomic E-state index is 0.809. The van der Waals surface area contributed by atoms with Crippen LogP contribution in [0.4, 0.5) is 5.82 Å². The number of aromatic amines is 2. The molecule has 1 saturated heterocycles. The van der Waals surface area contributed by atoms with Crippen molar-refractivity contribution in [1.29, 1.82) is 0 Å². The molecule has 1 fully saturated rings. The van der Waals surface area contributed by atoms with Crippen LogP contribution in [0.25, 0.3) is 44.7 Å². The molecule has 7 heteroatoms. The Labute approximate surface area is 173 Å². The number of pyridine rings is 3. The van der Waals surface area contributed by atoms with Gasteiger partial charge in [0.1, 0.15) is 17.0 Å². The fourth-order valence-corrected chi connectivity index (χ4v) is 4.27. The van der Waals surface area contributed by atoms with Crippen LogP contribution in [0.1, 0.15) is 19.3 Å². The highest BCUT2D eigenvalue weighted by Gasteiger charge is 2.19. The summed E-state index contributed by atoms with van der Waals surface area (Å²) < 4.78 is 0. The Balaban J connectivity index is 1.47. The van der Waals surface area contributed by atoms with E-state index >= 15 is 0 Å². The highest BCUT2D eigenvalue weighted by atomic mass is 15.2. The summed E-state index contributed by atoms with van der Waals surface area (Å²) >= 11 is 0. The summed E-state index contributed by atoms with van der Waals surface area (Å²) in [6.07, 6.45) is 7.41. The van der Waals surface area contributed by atoms with Gasteiger partial charge in [-0.15, -0.1) is 0 Å². The van der Waals surface area contributed by atoms with Crippen molar-refractivity contribution in [2.75, 3.05) is 18.0 Å². The minimum Gasteiger partial charge on any atom is -0.356 e. The molecular weight excluding hydrogens is 374 g/mol. The molecule has 5 aromatic heterocycles. The number of H-pyrrole nitrogens is 2. The number of hydrogen-bond acceptors (Lipinski definition) is 5. The fourth-order valence-electron chi connectivity index (χ4n) is 4.27. The number of nitrogens with zero attached hydrogens (tertiary/aromatic N) is 5. The Morgan fingerprint density at radius 3 is 2.63 bits per heavy atom. The molecule has 7 nitrogen and oxygen atoms in total. The van der Waals surface area contributed by atoms with Gasteiger partial charge in [-0.2, -0.15) is 5.10 Å². The molecule has 30 heavy (non-hydrogen) atoms. The summed E-state index contributed by atoms with van der Waals surface area (Å²) in [5.41, 5.74) is 6.22. The molecule has 0 aliphatic carbocycles. The van der Waals surface area contributed by atoms with Gasteiger partial charge in [0, 0.05) is 30.9 Å². The molecule has 0 unspecified atom stereocenters. The first-order valence-electron chi connectivity index (χ1n) is 10.4. The van der Waals surface area contributed by atoms with Gasteiger partial charge in [-0.05, 0) is 55.7 Å². The summed E-state index contributed by atoms with van der Waals surface area (Å²) in [5, 5.41) is 8.80. The fraction of sp³-hybridized carbons (Fsp3) is 0.217. The van der Waals surface area contributed by atoms with Gasteiger partial charge in [-0.25, -0.2) is 9.97 Å². The summed E-state index contributed by atoms with van der Waals surface area (Å²) in [4.78, 5) is 19.9. The van der Waals surface area contributed by atoms with E-state index in [2.05, 4.69) is 31.1 Å². The van der Waals surface area contributed by atoms with E-state index in [0.717, 1.165) is 63.6 Å². The monoisotopic (exact) mass is 395 g/mol. The predicted octanol–water partition coefficient (Wildman–Crippen LogP) is 4.55. The number of fused-ring (bicyclic) bond motifs is 2. The lowest BCUT2D eigenvalue weighted by atomic mass is 10.1. The van der Waals surface area contributed by atoms with Gasteiger partial charge in [0.05, 0.1) is 28.1 Å². The summed E-state index contributed by atoms with van der Waals surface area (Å²) in [5.74, 6) is 1.05. The maximum Gasteiger partial charge on any atom is 0.137 e. The van der Waals surface area contributed by atoms with Crippen molar-refractivity contribution in [2.45, 2.75) is 19.3 Å². The maximum atomic E-state index is 4.86. The number of anilines is 1. The van der Waals surface area contributed by atoms with Crippen LogP contribution in [0.3, 0.4) is 0 Å². The van der Waals surface area contributed by atoms with Gasteiger partial charge in [0.15, 0.2) is 0 Å². The lowest BCUT2D eigenvalue weighted by Crippen LogP contribution is -2.30. The van der Waals surface area contributed by atoms with Crippen LogP contribution in [0.5, 0.6) is 0 Å². The Hall–Kier alpha value is -3.74. The average Bonchev–Trinajstić information content (AvgIpc) is 3.43. The third-order valence-electron chi connectivity index (χ3n) is 5.77. The molecule has 0 radical (unpaired) electrons. The Morgan fingerprint density at radius 1 is 0.833 bits per heavy atom. The molecule has 1 aliphatic rings. The first kappa shape index (κ1) is 17.1. The Kier molecular flexibility index (Phi) is 3.97. The summed E-state index contributed by atoms with van der Waals surface area (Å²) in [7, 11) is 0. The van der Waals surface area contributed by atoms with E-state index in [1.807, 2.05) is 42.6 Å². The first-order valence-corrected chi connectivity index (χ1v) is 10.4. The number of rotatable bonds is 3. The van der Waals surface area contributed by atoms with Crippen molar-refractivity contribution in [2.24, 2.45) is 0 Å². The number of hydrogen-bond donors (Lipinski definition) is 2. The molecule has 6 heterocycles. The molecule has 0 spiro atoms. The number of piperidine rings is 1. The molecule has 0 atom stereocenters. The van der Waals surface area contributed by atoms with Crippen molar-refractivity contribution in [3.8, 4) is 22.8 Å². The Morgan fingerprint density at radius 2 is 1.77 bits per heavy atom. The highest BCUT2D eigenvalue weighted by Crippen LogP contribution is 2.33. The minimum absolute atomic E-state index is 0.809. The van der Waals surface area contributed by atoms with Crippen LogP contribution < -0.4 is 4.90 Å². The van der Waals surface area contributed by atoms with Crippen LogP contribution in [-0.2, 0) is 0 Å². The largest absolute Gasteiger partial charge is 0.356 e. The van der Waals surface area contributed by atoms with Crippen LogP contribution in [0, 0.1) is 0 Å². The van der Waals surface area contributed by atoms with Crippen LogP contribution >= 0.6 is 0 Å². The standard InChI is InChI=1S/C23H21N7/c1-4-12-30(13-5-1)23-15-14-20(26-16(15)9-11-25-23)22-21-19(28-29-22)8-7-18(27-21)17-6-2-3-10-24-17/h2-3,6-11,14,26H,1,4-5,12-13H2,(H,28,29). The number of aromatic nitrogens is 6. The quantitative estimate of drug-likeness (QED) is 0.468. The van der Waals surface area contributed by atoms with Crippen molar-refractivity contribution >= 4 is 27.8 Å². The maximum absolute atomic E-state index is 4.86. The van der Waals surface area contributed by atoms with Crippen molar-refractivity contribution in [3.05, 3.63) is 54.9 Å². The van der Waals surface area contributed by atoms with Gasteiger partial charge in [-0.3, -0.25) is 10.1 Å². The molecule has 0 amide bonds.